The van der Waals surface area contributed by atoms with E-state index < -0.39 is 0 Å². The molecule has 1 unspecified atom stereocenters. The summed E-state index contributed by atoms with van der Waals surface area (Å²) < 4.78 is 10.9. The second kappa shape index (κ2) is 9.07. The molecule has 8 heteroatoms. The number of hydrogen-bond donors (Lipinski definition) is 0. The monoisotopic (exact) mass is 412 g/mol. The molecule has 2 aliphatic heterocycles. The number of rotatable bonds is 4. The lowest BCUT2D eigenvalue weighted by atomic mass is 10.0. The number of methoxy groups -OCH3 is 1. The standard InChI is InChI=1S/C22H28N4O4/c1-24-7-9-25(10-8-24)22(28)17-13-19(23-18-6-4-3-5-16(17)18)20-14-26(11-12-30-20)21(27)15-29-2/h3-6,13,20H,7-12,14-15H2,1-2H3. The lowest BCUT2D eigenvalue weighted by Gasteiger charge is -2.34. The zero-order valence-corrected chi connectivity index (χ0v) is 17.5. The van der Waals surface area contributed by atoms with Gasteiger partial charge in [0.2, 0.25) is 5.91 Å². The number of piperazine rings is 1. The van der Waals surface area contributed by atoms with Crippen LogP contribution in [-0.4, -0.2) is 98.1 Å². The fourth-order valence-corrected chi connectivity index (χ4v) is 3.99. The molecular weight excluding hydrogens is 384 g/mol. The number of morpholine rings is 1. The minimum absolute atomic E-state index is 0.0195. The van der Waals surface area contributed by atoms with Gasteiger partial charge in [-0.25, -0.2) is 4.98 Å². The lowest BCUT2D eigenvalue weighted by molar-refractivity contribution is -0.143. The molecule has 2 fully saturated rings. The molecule has 0 aliphatic carbocycles. The first-order valence-electron chi connectivity index (χ1n) is 10.3. The summed E-state index contributed by atoms with van der Waals surface area (Å²) in [5, 5.41) is 0.841. The number of amides is 2. The lowest BCUT2D eigenvalue weighted by Crippen LogP contribution is -2.47. The highest BCUT2D eigenvalue weighted by molar-refractivity contribution is 6.06. The van der Waals surface area contributed by atoms with E-state index in [1.807, 2.05) is 35.2 Å². The Bertz CT molecular complexity index is 926. The van der Waals surface area contributed by atoms with E-state index in [0.717, 1.165) is 24.0 Å². The van der Waals surface area contributed by atoms with E-state index in [4.69, 9.17) is 14.5 Å². The number of pyridine rings is 1. The number of carbonyl (C=O) groups is 2. The zero-order chi connectivity index (χ0) is 21.1. The van der Waals surface area contributed by atoms with E-state index in [1.165, 1.54) is 7.11 Å². The highest BCUT2D eigenvalue weighted by Gasteiger charge is 2.29. The normalized spacial score (nSPS) is 20.5. The van der Waals surface area contributed by atoms with Gasteiger partial charge in [0.15, 0.2) is 0 Å². The summed E-state index contributed by atoms with van der Waals surface area (Å²) in [5.41, 5.74) is 2.08. The quantitative estimate of drug-likeness (QED) is 0.751. The maximum Gasteiger partial charge on any atom is 0.254 e. The number of nitrogens with zero attached hydrogens (tertiary/aromatic N) is 4. The van der Waals surface area contributed by atoms with Gasteiger partial charge in [-0.1, -0.05) is 18.2 Å². The molecule has 2 amide bonds. The SMILES string of the molecule is COCC(=O)N1CCOC(c2cc(C(=O)N3CCN(C)CC3)c3ccccc3n2)C1. The van der Waals surface area contributed by atoms with Gasteiger partial charge in [-0.3, -0.25) is 9.59 Å². The van der Waals surface area contributed by atoms with Crippen molar-refractivity contribution in [1.82, 2.24) is 19.7 Å². The molecule has 0 N–H and O–H groups in total. The first kappa shape index (κ1) is 20.7. The topological polar surface area (TPSA) is 75.2 Å². The van der Waals surface area contributed by atoms with Gasteiger partial charge in [-0.05, 0) is 19.2 Å². The molecular formula is C22H28N4O4. The fraction of sp³-hybridized carbons (Fsp3) is 0.500. The van der Waals surface area contributed by atoms with Crippen molar-refractivity contribution in [1.29, 1.82) is 0 Å². The molecule has 1 aromatic carbocycles. The molecule has 0 bridgehead atoms. The number of fused-ring (bicyclic) bond motifs is 1. The van der Waals surface area contributed by atoms with Crippen LogP contribution in [0.5, 0.6) is 0 Å². The van der Waals surface area contributed by atoms with Crippen molar-refractivity contribution in [2.45, 2.75) is 6.10 Å². The summed E-state index contributed by atoms with van der Waals surface area (Å²) in [5.74, 6) is -0.0496. The molecule has 160 valence electrons. The van der Waals surface area contributed by atoms with Crippen LogP contribution in [0.1, 0.15) is 22.2 Å². The molecule has 1 atom stereocenters. The van der Waals surface area contributed by atoms with Crippen LogP contribution >= 0.6 is 0 Å². The summed E-state index contributed by atoms with van der Waals surface area (Å²) in [6.45, 7) is 4.55. The molecule has 0 radical (unpaired) electrons. The van der Waals surface area contributed by atoms with Crippen LogP contribution in [0.4, 0.5) is 0 Å². The van der Waals surface area contributed by atoms with Gasteiger partial charge in [0.25, 0.3) is 5.91 Å². The van der Waals surface area contributed by atoms with Crippen molar-refractivity contribution < 1.29 is 19.1 Å². The second-order valence-corrected chi connectivity index (χ2v) is 7.84. The number of likely N-dealkylation sites (N-methyl/N-ethyl adjacent to an activating group) is 1. The van der Waals surface area contributed by atoms with Crippen LogP contribution in [0.15, 0.2) is 30.3 Å². The van der Waals surface area contributed by atoms with Crippen molar-refractivity contribution in [3.8, 4) is 0 Å². The van der Waals surface area contributed by atoms with Gasteiger partial charge in [0, 0.05) is 45.2 Å². The van der Waals surface area contributed by atoms with Crippen molar-refractivity contribution in [2.75, 3.05) is 66.6 Å². The molecule has 8 nitrogen and oxygen atoms in total. The minimum atomic E-state index is -0.372. The number of hydrogen-bond acceptors (Lipinski definition) is 6. The van der Waals surface area contributed by atoms with Crippen LogP contribution in [0, 0.1) is 0 Å². The fourth-order valence-electron chi connectivity index (χ4n) is 3.99. The number of para-hydroxylation sites is 1. The Morgan fingerprint density at radius 1 is 1.13 bits per heavy atom. The third-order valence-electron chi connectivity index (χ3n) is 5.77. The molecule has 1 aromatic heterocycles. The number of carbonyl (C=O) groups excluding carboxylic acids is 2. The van der Waals surface area contributed by atoms with E-state index in [1.54, 1.807) is 4.90 Å². The zero-order valence-electron chi connectivity index (χ0n) is 17.5. The van der Waals surface area contributed by atoms with E-state index in [2.05, 4.69) is 11.9 Å². The van der Waals surface area contributed by atoms with Gasteiger partial charge in [0.1, 0.15) is 12.7 Å². The van der Waals surface area contributed by atoms with Gasteiger partial charge < -0.3 is 24.2 Å². The Morgan fingerprint density at radius 3 is 2.67 bits per heavy atom. The molecule has 0 spiro atoms. The second-order valence-electron chi connectivity index (χ2n) is 7.84. The Hall–Kier alpha value is -2.55. The van der Waals surface area contributed by atoms with Crippen molar-refractivity contribution in [3.63, 3.8) is 0 Å². The van der Waals surface area contributed by atoms with Crippen LogP contribution < -0.4 is 0 Å². The van der Waals surface area contributed by atoms with E-state index in [9.17, 15) is 9.59 Å². The first-order chi connectivity index (χ1) is 14.6. The summed E-state index contributed by atoms with van der Waals surface area (Å²) in [4.78, 5) is 36.3. The maximum atomic E-state index is 13.4. The van der Waals surface area contributed by atoms with Crippen molar-refractivity contribution in [3.05, 3.63) is 41.6 Å². The summed E-state index contributed by atoms with van der Waals surface area (Å²) in [6, 6.07) is 9.53. The van der Waals surface area contributed by atoms with Crippen LogP contribution in [0.2, 0.25) is 0 Å². The average molecular weight is 412 g/mol. The van der Waals surface area contributed by atoms with Gasteiger partial charge in [-0.2, -0.15) is 0 Å². The first-order valence-corrected chi connectivity index (χ1v) is 10.3. The molecule has 30 heavy (non-hydrogen) atoms. The maximum absolute atomic E-state index is 13.4. The Morgan fingerprint density at radius 2 is 1.90 bits per heavy atom. The highest BCUT2D eigenvalue weighted by atomic mass is 16.5. The molecule has 2 aromatic rings. The molecule has 4 rings (SSSR count). The third-order valence-corrected chi connectivity index (χ3v) is 5.77. The van der Waals surface area contributed by atoms with Gasteiger partial charge >= 0.3 is 0 Å². The van der Waals surface area contributed by atoms with Gasteiger partial charge in [-0.15, -0.1) is 0 Å². The van der Waals surface area contributed by atoms with Crippen molar-refractivity contribution in [2.24, 2.45) is 0 Å². The van der Waals surface area contributed by atoms with Crippen LogP contribution in [-0.2, 0) is 14.3 Å². The van der Waals surface area contributed by atoms with E-state index in [0.29, 0.717) is 44.0 Å². The summed E-state index contributed by atoms with van der Waals surface area (Å²) in [6.07, 6.45) is -0.372. The third kappa shape index (κ3) is 4.30. The summed E-state index contributed by atoms with van der Waals surface area (Å²) >= 11 is 0. The Kier molecular flexibility index (Phi) is 6.26. The number of aromatic nitrogens is 1. The number of ether oxygens (including phenoxy) is 2. The predicted octanol–water partition coefficient (Wildman–Crippen LogP) is 1.17. The Balaban J connectivity index is 1.65. The molecule has 2 aliphatic rings. The largest absolute Gasteiger partial charge is 0.375 e. The average Bonchev–Trinajstić information content (AvgIpc) is 2.78. The van der Waals surface area contributed by atoms with Crippen LogP contribution in [0.3, 0.4) is 0 Å². The molecule has 3 heterocycles. The van der Waals surface area contributed by atoms with E-state index in [-0.39, 0.29) is 24.5 Å². The van der Waals surface area contributed by atoms with E-state index >= 15 is 0 Å². The number of benzene rings is 1. The van der Waals surface area contributed by atoms with Crippen molar-refractivity contribution >= 4 is 22.7 Å². The highest BCUT2D eigenvalue weighted by Crippen LogP contribution is 2.27. The molecule has 0 saturated carbocycles. The smallest absolute Gasteiger partial charge is 0.254 e. The predicted molar refractivity (Wildman–Crippen MR) is 112 cm³/mol. The Labute approximate surface area is 176 Å². The van der Waals surface area contributed by atoms with Crippen LogP contribution in [0.25, 0.3) is 10.9 Å². The minimum Gasteiger partial charge on any atom is -0.375 e. The van der Waals surface area contributed by atoms with Gasteiger partial charge in [0.05, 0.1) is 29.9 Å². The summed E-state index contributed by atoms with van der Waals surface area (Å²) in [7, 11) is 3.58. The molecule has 2 saturated heterocycles.